The Labute approximate surface area is 164 Å². The Kier molecular flexibility index (Phi) is 4.91. The number of hydrogen-bond acceptors (Lipinski definition) is 5. The molecular weight excluding hydrogens is 383 g/mol. The zero-order valence-corrected chi connectivity index (χ0v) is 15.6. The van der Waals surface area contributed by atoms with Gasteiger partial charge in [0.15, 0.2) is 5.82 Å². The highest BCUT2D eigenvalue weighted by molar-refractivity contribution is 5.54. The molecule has 3 aromatic rings. The molecule has 0 amide bonds. The number of H-pyrrole nitrogens is 1. The van der Waals surface area contributed by atoms with Gasteiger partial charge in [0.25, 0.3) is 5.56 Å². The normalized spacial score (nSPS) is 14.6. The fourth-order valence-corrected chi connectivity index (χ4v) is 3.36. The SMILES string of the molecule is Cc1nc(-c2ccccc2)ncc1CN1CCc2nc(C(F)(F)F)[nH]c(=O)c2C1. The molecule has 2 aromatic heterocycles. The van der Waals surface area contributed by atoms with E-state index in [1.54, 1.807) is 6.20 Å². The third-order valence-corrected chi connectivity index (χ3v) is 4.92. The van der Waals surface area contributed by atoms with Crippen molar-refractivity contribution < 1.29 is 13.2 Å². The predicted molar refractivity (Wildman–Crippen MR) is 99.9 cm³/mol. The van der Waals surface area contributed by atoms with Crippen LogP contribution in [0.2, 0.25) is 0 Å². The van der Waals surface area contributed by atoms with Gasteiger partial charge in [0.2, 0.25) is 5.82 Å². The number of hydrogen-bond donors (Lipinski definition) is 1. The van der Waals surface area contributed by atoms with E-state index in [0.717, 1.165) is 16.8 Å². The van der Waals surface area contributed by atoms with Crippen LogP contribution < -0.4 is 5.56 Å². The number of nitrogens with one attached hydrogen (secondary N) is 1. The van der Waals surface area contributed by atoms with E-state index in [1.165, 1.54) is 0 Å². The van der Waals surface area contributed by atoms with Gasteiger partial charge in [-0.25, -0.2) is 15.0 Å². The van der Waals surface area contributed by atoms with Crippen LogP contribution in [0.15, 0.2) is 41.3 Å². The summed E-state index contributed by atoms with van der Waals surface area (Å²) in [5.41, 5.74) is 2.41. The van der Waals surface area contributed by atoms with Gasteiger partial charge >= 0.3 is 6.18 Å². The second kappa shape index (κ2) is 7.40. The molecule has 29 heavy (non-hydrogen) atoms. The number of halogens is 3. The molecule has 1 aromatic carbocycles. The molecule has 6 nitrogen and oxygen atoms in total. The van der Waals surface area contributed by atoms with Crippen LogP contribution in [-0.2, 0) is 25.7 Å². The highest BCUT2D eigenvalue weighted by atomic mass is 19.4. The summed E-state index contributed by atoms with van der Waals surface area (Å²) in [7, 11) is 0. The number of rotatable bonds is 3. The van der Waals surface area contributed by atoms with Crippen molar-refractivity contribution in [3.05, 3.63) is 75.2 Å². The lowest BCUT2D eigenvalue weighted by Gasteiger charge is -2.28. The first-order valence-corrected chi connectivity index (χ1v) is 9.11. The Morgan fingerprint density at radius 2 is 1.93 bits per heavy atom. The van der Waals surface area contributed by atoms with Crippen molar-refractivity contribution in [2.24, 2.45) is 0 Å². The van der Waals surface area contributed by atoms with Crippen molar-refractivity contribution in [2.45, 2.75) is 32.6 Å². The lowest BCUT2D eigenvalue weighted by molar-refractivity contribution is -0.145. The molecule has 9 heteroatoms. The van der Waals surface area contributed by atoms with Crippen molar-refractivity contribution in [2.75, 3.05) is 6.54 Å². The van der Waals surface area contributed by atoms with Gasteiger partial charge in [-0.2, -0.15) is 13.2 Å². The van der Waals surface area contributed by atoms with Gasteiger partial charge in [0.05, 0.1) is 11.3 Å². The van der Waals surface area contributed by atoms with Crippen LogP contribution in [0.25, 0.3) is 11.4 Å². The van der Waals surface area contributed by atoms with E-state index < -0.39 is 17.6 Å². The second-order valence-electron chi connectivity index (χ2n) is 6.97. The van der Waals surface area contributed by atoms with Crippen LogP contribution >= 0.6 is 0 Å². The quantitative estimate of drug-likeness (QED) is 0.730. The summed E-state index contributed by atoms with van der Waals surface area (Å²) in [6, 6.07) is 9.63. The molecule has 0 spiro atoms. The Hall–Kier alpha value is -3.07. The smallest absolute Gasteiger partial charge is 0.303 e. The van der Waals surface area contributed by atoms with Crippen LogP contribution in [0.5, 0.6) is 0 Å². The summed E-state index contributed by atoms with van der Waals surface area (Å²) in [6.07, 6.45) is -2.62. The maximum Gasteiger partial charge on any atom is 0.449 e. The maximum absolute atomic E-state index is 12.8. The first-order chi connectivity index (χ1) is 13.8. The monoisotopic (exact) mass is 401 g/mol. The van der Waals surface area contributed by atoms with Crippen molar-refractivity contribution in [1.29, 1.82) is 0 Å². The van der Waals surface area contributed by atoms with E-state index >= 15 is 0 Å². The first kappa shape index (κ1) is 19.3. The van der Waals surface area contributed by atoms with Crippen molar-refractivity contribution in [3.63, 3.8) is 0 Å². The van der Waals surface area contributed by atoms with Crippen LogP contribution in [-0.4, -0.2) is 31.4 Å². The van der Waals surface area contributed by atoms with Gasteiger partial charge in [0.1, 0.15) is 0 Å². The van der Waals surface area contributed by atoms with Gasteiger partial charge in [-0.3, -0.25) is 9.69 Å². The zero-order chi connectivity index (χ0) is 20.6. The van der Waals surface area contributed by atoms with Gasteiger partial charge in [-0.05, 0) is 6.92 Å². The average Bonchev–Trinajstić information content (AvgIpc) is 2.70. The van der Waals surface area contributed by atoms with Crippen LogP contribution in [0.1, 0.15) is 28.3 Å². The Morgan fingerprint density at radius 1 is 1.17 bits per heavy atom. The van der Waals surface area contributed by atoms with Gasteiger partial charge in [0, 0.05) is 49.1 Å². The third kappa shape index (κ3) is 4.04. The number of fused-ring (bicyclic) bond motifs is 1. The molecule has 3 heterocycles. The molecule has 1 N–H and O–H groups in total. The van der Waals surface area contributed by atoms with Crippen molar-refractivity contribution in [3.8, 4) is 11.4 Å². The van der Waals surface area contributed by atoms with E-state index in [2.05, 4.69) is 15.0 Å². The Balaban J connectivity index is 1.53. The minimum atomic E-state index is -4.67. The summed E-state index contributed by atoms with van der Waals surface area (Å²) >= 11 is 0. The summed E-state index contributed by atoms with van der Waals surface area (Å²) in [6.45, 7) is 3.13. The number of nitrogens with zero attached hydrogens (tertiary/aromatic N) is 4. The molecule has 0 atom stereocenters. The molecule has 0 unspecified atom stereocenters. The number of aromatic amines is 1. The first-order valence-electron chi connectivity index (χ1n) is 9.11. The summed E-state index contributed by atoms with van der Waals surface area (Å²) in [4.78, 5) is 28.6. The molecule has 150 valence electrons. The highest BCUT2D eigenvalue weighted by Crippen LogP contribution is 2.27. The molecule has 0 fully saturated rings. The summed E-state index contributed by atoms with van der Waals surface area (Å²) in [5, 5.41) is 0. The zero-order valence-electron chi connectivity index (χ0n) is 15.6. The molecule has 4 rings (SSSR count). The lowest BCUT2D eigenvalue weighted by atomic mass is 10.1. The van der Waals surface area contributed by atoms with Gasteiger partial charge in [-0.1, -0.05) is 30.3 Å². The van der Waals surface area contributed by atoms with Crippen molar-refractivity contribution >= 4 is 0 Å². The molecule has 0 radical (unpaired) electrons. The fraction of sp³-hybridized carbons (Fsp3) is 0.300. The fourth-order valence-electron chi connectivity index (χ4n) is 3.36. The summed E-state index contributed by atoms with van der Waals surface area (Å²) < 4.78 is 38.5. The minimum absolute atomic E-state index is 0.213. The van der Waals surface area contributed by atoms with Crippen molar-refractivity contribution in [1.82, 2.24) is 24.8 Å². The maximum atomic E-state index is 12.8. The highest BCUT2D eigenvalue weighted by Gasteiger charge is 2.36. The molecule has 0 saturated carbocycles. The molecular formula is C20H18F3N5O. The Morgan fingerprint density at radius 3 is 2.62 bits per heavy atom. The van der Waals surface area contributed by atoms with Crippen LogP contribution in [0.4, 0.5) is 13.2 Å². The van der Waals surface area contributed by atoms with E-state index in [9.17, 15) is 18.0 Å². The van der Waals surface area contributed by atoms with Crippen LogP contribution in [0.3, 0.4) is 0 Å². The Bertz CT molecular complexity index is 1100. The summed E-state index contributed by atoms with van der Waals surface area (Å²) in [5.74, 6) is -0.605. The topological polar surface area (TPSA) is 74.8 Å². The number of benzene rings is 1. The van der Waals surface area contributed by atoms with E-state index in [4.69, 9.17) is 0 Å². The largest absolute Gasteiger partial charge is 0.449 e. The molecule has 0 aliphatic carbocycles. The third-order valence-electron chi connectivity index (χ3n) is 4.92. The van der Waals surface area contributed by atoms with E-state index in [0.29, 0.717) is 18.9 Å². The van der Waals surface area contributed by atoms with Gasteiger partial charge in [-0.15, -0.1) is 0 Å². The van der Waals surface area contributed by atoms with Crippen LogP contribution in [0, 0.1) is 6.92 Å². The second-order valence-corrected chi connectivity index (χ2v) is 6.97. The number of aryl methyl sites for hydroxylation is 1. The average molecular weight is 401 g/mol. The number of alkyl halides is 3. The standard InChI is InChI=1S/C20H18F3N5O/c1-12-14(9-24-17(25-12)13-5-3-2-4-6-13)10-28-8-7-16-15(11-28)18(29)27-19(26-16)20(21,22)23/h2-6,9H,7-8,10-11H2,1H3,(H,26,27,29). The van der Waals surface area contributed by atoms with E-state index in [1.807, 2.05) is 47.1 Å². The minimum Gasteiger partial charge on any atom is -0.303 e. The lowest BCUT2D eigenvalue weighted by Crippen LogP contribution is -2.36. The number of aromatic nitrogens is 4. The predicted octanol–water partition coefficient (Wildman–Crippen LogP) is 3.11. The van der Waals surface area contributed by atoms with Gasteiger partial charge < -0.3 is 4.98 Å². The molecule has 1 aliphatic rings. The van der Waals surface area contributed by atoms with E-state index in [-0.39, 0.29) is 24.2 Å². The molecule has 0 saturated heterocycles. The molecule has 1 aliphatic heterocycles. The molecule has 0 bridgehead atoms.